The fraction of sp³-hybridized carbons (Fsp3) is 1.00. The first kappa shape index (κ1) is 9.80. The summed E-state index contributed by atoms with van der Waals surface area (Å²) in [5.41, 5.74) is 0. The number of halogens is 3. The van der Waals surface area contributed by atoms with Crippen LogP contribution in [0.1, 0.15) is 12.8 Å². The lowest BCUT2D eigenvalue weighted by Crippen LogP contribution is -2.39. The SMILES string of the molecule is O[C@H](C1CCCOC1)C(F)(F)F. The highest BCUT2D eigenvalue weighted by Gasteiger charge is 2.43. The molecule has 1 heterocycles. The molecule has 1 saturated heterocycles. The summed E-state index contributed by atoms with van der Waals surface area (Å²) in [5.74, 6) is -0.779. The Morgan fingerprint density at radius 3 is 2.50 bits per heavy atom. The van der Waals surface area contributed by atoms with Gasteiger partial charge in [-0.2, -0.15) is 13.2 Å². The van der Waals surface area contributed by atoms with Crippen molar-refractivity contribution in [1.29, 1.82) is 0 Å². The van der Waals surface area contributed by atoms with Crippen molar-refractivity contribution in [3.8, 4) is 0 Å². The maximum atomic E-state index is 11.9. The molecule has 0 aliphatic carbocycles. The summed E-state index contributed by atoms with van der Waals surface area (Å²) in [4.78, 5) is 0. The molecule has 1 aliphatic heterocycles. The molecule has 0 amide bonds. The fourth-order valence-corrected chi connectivity index (χ4v) is 1.28. The van der Waals surface area contributed by atoms with E-state index in [1.54, 1.807) is 0 Å². The lowest BCUT2D eigenvalue weighted by Gasteiger charge is -2.27. The topological polar surface area (TPSA) is 29.5 Å². The Kier molecular flexibility index (Phi) is 2.95. The molecule has 72 valence electrons. The van der Waals surface area contributed by atoms with Crippen LogP contribution in [-0.4, -0.2) is 30.6 Å². The minimum Gasteiger partial charge on any atom is -0.383 e. The largest absolute Gasteiger partial charge is 0.414 e. The molecule has 0 aromatic heterocycles. The van der Waals surface area contributed by atoms with E-state index in [1.807, 2.05) is 0 Å². The average molecular weight is 184 g/mol. The second-order valence-corrected chi connectivity index (χ2v) is 2.96. The number of rotatable bonds is 1. The standard InChI is InChI=1S/C7H11F3O2/c8-7(9,10)6(11)5-2-1-3-12-4-5/h5-6,11H,1-4H2/t5?,6-/m1/s1. The number of aliphatic hydroxyl groups excluding tert-OH is 1. The molecular formula is C7H11F3O2. The van der Waals surface area contributed by atoms with Crippen molar-refractivity contribution in [3.63, 3.8) is 0 Å². The third-order valence-corrected chi connectivity index (χ3v) is 1.98. The molecule has 1 unspecified atom stereocenters. The molecule has 0 radical (unpaired) electrons. The van der Waals surface area contributed by atoms with Crippen molar-refractivity contribution in [2.75, 3.05) is 13.2 Å². The molecule has 1 aliphatic rings. The number of hydrogen-bond acceptors (Lipinski definition) is 2. The summed E-state index contributed by atoms with van der Waals surface area (Å²) in [6.45, 7) is 0.516. The molecule has 12 heavy (non-hydrogen) atoms. The molecule has 2 nitrogen and oxygen atoms in total. The predicted molar refractivity (Wildman–Crippen MR) is 35.6 cm³/mol. The normalized spacial score (nSPS) is 28.5. The van der Waals surface area contributed by atoms with Crippen molar-refractivity contribution >= 4 is 0 Å². The van der Waals surface area contributed by atoms with E-state index in [1.165, 1.54) is 0 Å². The van der Waals surface area contributed by atoms with Gasteiger partial charge in [-0.15, -0.1) is 0 Å². The van der Waals surface area contributed by atoms with E-state index in [9.17, 15) is 13.2 Å². The fourth-order valence-electron chi connectivity index (χ4n) is 1.28. The van der Waals surface area contributed by atoms with Crippen LogP contribution in [0.25, 0.3) is 0 Å². The minimum absolute atomic E-state index is 0.0146. The van der Waals surface area contributed by atoms with Crippen LogP contribution in [0.4, 0.5) is 13.2 Å². The molecule has 1 rings (SSSR count). The van der Waals surface area contributed by atoms with Crippen molar-refractivity contribution in [2.45, 2.75) is 25.1 Å². The van der Waals surface area contributed by atoms with Gasteiger partial charge in [-0.25, -0.2) is 0 Å². The van der Waals surface area contributed by atoms with Crippen molar-refractivity contribution < 1.29 is 23.0 Å². The summed E-state index contributed by atoms with van der Waals surface area (Å²) >= 11 is 0. The van der Waals surface area contributed by atoms with Gasteiger partial charge in [-0.1, -0.05) is 0 Å². The summed E-state index contributed by atoms with van der Waals surface area (Å²) in [6, 6.07) is 0. The zero-order chi connectivity index (χ0) is 9.19. The molecule has 5 heteroatoms. The molecule has 0 saturated carbocycles. The Balaban J connectivity index is 2.45. The second kappa shape index (κ2) is 3.62. The lowest BCUT2D eigenvalue weighted by atomic mass is 9.96. The van der Waals surface area contributed by atoms with Gasteiger partial charge < -0.3 is 9.84 Å². The maximum Gasteiger partial charge on any atom is 0.414 e. The van der Waals surface area contributed by atoms with E-state index in [0.717, 1.165) is 0 Å². The summed E-state index contributed by atoms with van der Waals surface area (Å²) in [7, 11) is 0. The Labute approximate surface area is 68.3 Å². The second-order valence-electron chi connectivity index (χ2n) is 2.96. The van der Waals surface area contributed by atoms with Crippen molar-refractivity contribution in [3.05, 3.63) is 0 Å². The smallest absolute Gasteiger partial charge is 0.383 e. The Morgan fingerprint density at radius 1 is 1.42 bits per heavy atom. The predicted octanol–water partition coefficient (Wildman–Crippen LogP) is 1.34. The summed E-state index contributed by atoms with van der Waals surface area (Å²) < 4.78 is 40.6. The van der Waals surface area contributed by atoms with Crippen LogP contribution in [0.2, 0.25) is 0 Å². The summed E-state index contributed by atoms with van der Waals surface area (Å²) in [6.07, 6.45) is -5.75. The molecule has 0 aromatic rings. The quantitative estimate of drug-likeness (QED) is 0.666. The zero-order valence-corrected chi connectivity index (χ0v) is 6.47. The van der Waals surface area contributed by atoms with Gasteiger partial charge in [-0.05, 0) is 12.8 Å². The highest BCUT2D eigenvalue weighted by molar-refractivity contribution is 4.77. The first-order chi connectivity index (χ1) is 5.52. The number of ether oxygens (including phenoxy) is 1. The third kappa shape index (κ3) is 2.35. The molecule has 0 aromatic carbocycles. The number of hydrogen-bond donors (Lipinski definition) is 1. The van der Waals surface area contributed by atoms with Gasteiger partial charge in [0.15, 0.2) is 6.10 Å². The van der Waals surface area contributed by atoms with E-state index in [-0.39, 0.29) is 6.61 Å². The van der Waals surface area contributed by atoms with Gasteiger partial charge in [0.1, 0.15) is 0 Å². The monoisotopic (exact) mass is 184 g/mol. The molecular weight excluding hydrogens is 173 g/mol. The van der Waals surface area contributed by atoms with Gasteiger partial charge in [0.25, 0.3) is 0 Å². The molecule has 1 N–H and O–H groups in total. The number of aliphatic hydroxyl groups is 1. The van der Waals surface area contributed by atoms with E-state index >= 15 is 0 Å². The highest BCUT2D eigenvalue weighted by atomic mass is 19.4. The maximum absolute atomic E-state index is 11.9. The van der Waals surface area contributed by atoms with Gasteiger partial charge in [0.2, 0.25) is 0 Å². The molecule has 0 bridgehead atoms. The first-order valence-electron chi connectivity index (χ1n) is 3.84. The van der Waals surface area contributed by atoms with E-state index in [0.29, 0.717) is 19.4 Å². The molecule has 2 atom stereocenters. The van der Waals surface area contributed by atoms with Gasteiger partial charge in [0, 0.05) is 12.5 Å². The van der Waals surface area contributed by atoms with Crippen LogP contribution in [-0.2, 0) is 4.74 Å². The number of alkyl halides is 3. The Hall–Kier alpha value is -0.290. The van der Waals surface area contributed by atoms with Gasteiger partial charge in [-0.3, -0.25) is 0 Å². The van der Waals surface area contributed by atoms with Crippen LogP contribution in [0.15, 0.2) is 0 Å². The van der Waals surface area contributed by atoms with Crippen LogP contribution >= 0.6 is 0 Å². The van der Waals surface area contributed by atoms with Crippen LogP contribution in [0.5, 0.6) is 0 Å². The van der Waals surface area contributed by atoms with Crippen LogP contribution in [0, 0.1) is 5.92 Å². The summed E-state index contributed by atoms with van der Waals surface area (Å²) in [5, 5.41) is 8.81. The molecule has 0 spiro atoms. The van der Waals surface area contributed by atoms with E-state index in [2.05, 4.69) is 0 Å². The van der Waals surface area contributed by atoms with E-state index < -0.39 is 18.2 Å². The lowest BCUT2D eigenvalue weighted by molar-refractivity contribution is -0.228. The molecule has 1 fully saturated rings. The zero-order valence-electron chi connectivity index (χ0n) is 6.47. The Morgan fingerprint density at radius 2 is 2.08 bits per heavy atom. The minimum atomic E-state index is -4.51. The first-order valence-corrected chi connectivity index (χ1v) is 3.84. The van der Waals surface area contributed by atoms with Crippen LogP contribution in [0.3, 0.4) is 0 Å². The third-order valence-electron chi connectivity index (χ3n) is 1.98. The van der Waals surface area contributed by atoms with E-state index in [4.69, 9.17) is 9.84 Å². The van der Waals surface area contributed by atoms with Gasteiger partial charge >= 0.3 is 6.18 Å². The van der Waals surface area contributed by atoms with Crippen molar-refractivity contribution in [2.24, 2.45) is 5.92 Å². The Bertz CT molecular complexity index is 140. The van der Waals surface area contributed by atoms with Gasteiger partial charge in [0.05, 0.1) is 6.61 Å². The average Bonchev–Trinajstić information content (AvgIpc) is 2.03. The van der Waals surface area contributed by atoms with Crippen molar-refractivity contribution in [1.82, 2.24) is 0 Å². The van der Waals surface area contributed by atoms with Crippen LogP contribution < -0.4 is 0 Å². The highest BCUT2D eigenvalue weighted by Crippen LogP contribution is 2.29.